The number of aliphatic hydroxyl groups excluding tert-OH is 1. The number of rotatable bonds is 1. The molecule has 0 saturated heterocycles. The molecule has 1 nitrogen and oxygen atoms in total. The normalized spacial score (nSPS) is 16.1. The van der Waals surface area contributed by atoms with E-state index in [9.17, 15) is 0 Å². The van der Waals surface area contributed by atoms with Crippen molar-refractivity contribution in [2.45, 2.75) is 13.3 Å². The van der Waals surface area contributed by atoms with Gasteiger partial charge in [-0.05, 0) is 6.92 Å². The first-order valence-corrected chi connectivity index (χ1v) is 3.02. The predicted molar refractivity (Wildman–Crippen MR) is 36.9 cm³/mol. The van der Waals surface area contributed by atoms with Crippen LogP contribution >= 0.6 is 0 Å². The fraction of sp³-hybridized carbons (Fsp3) is 0.250. The van der Waals surface area contributed by atoms with Gasteiger partial charge in [0.2, 0.25) is 5.76 Å². The highest BCUT2D eigenvalue weighted by Gasteiger charge is 2.08. The van der Waals surface area contributed by atoms with Crippen molar-refractivity contribution >= 4 is 0 Å². The van der Waals surface area contributed by atoms with Gasteiger partial charge in [0.15, 0.2) is 0 Å². The summed E-state index contributed by atoms with van der Waals surface area (Å²) in [7, 11) is 0. The summed E-state index contributed by atoms with van der Waals surface area (Å²) in [5.74, 6) is 0.372. The number of allylic oxidation sites excluding steroid dienone is 5. The van der Waals surface area contributed by atoms with Crippen LogP contribution in [0.15, 0.2) is 29.6 Å². The monoisotopic (exact) mass is 121 g/mol. The van der Waals surface area contributed by atoms with Gasteiger partial charge in [0.1, 0.15) is 17.7 Å². The Labute approximate surface area is 55.0 Å². The molecule has 0 aliphatic heterocycles. The summed E-state index contributed by atoms with van der Waals surface area (Å²) < 4.78 is 0. The molecule has 0 saturated carbocycles. The van der Waals surface area contributed by atoms with Crippen molar-refractivity contribution in [3.63, 3.8) is 0 Å². The zero-order valence-electron chi connectivity index (χ0n) is 5.39. The molecule has 0 spiro atoms. The zero-order chi connectivity index (χ0) is 6.69. The summed E-state index contributed by atoms with van der Waals surface area (Å²) in [6.45, 7) is 2.00. The van der Waals surface area contributed by atoms with Crippen LogP contribution in [-0.4, -0.2) is 5.11 Å². The maximum Gasteiger partial charge on any atom is 0.233 e. The van der Waals surface area contributed by atoms with Gasteiger partial charge >= 0.3 is 0 Å². The lowest BCUT2D eigenvalue weighted by molar-refractivity contribution is 0.425. The van der Waals surface area contributed by atoms with Crippen LogP contribution in [0.4, 0.5) is 0 Å². The zero-order valence-corrected chi connectivity index (χ0v) is 5.39. The molecule has 0 atom stereocenters. The molecule has 0 aromatic carbocycles. The van der Waals surface area contributed by atoms with Crippen LogP contribution in [0.2, 0.25) is 0 Å². The second kappa shape index (κ2) is 2.47. The molecule has 9 heavy (non-hydrogen) atoms. The van der Waals surface area contributed by atoms with Gasteiger partial charge in [-0.25, -0.2) is 0 Å². The van der Waals surface area contributed by atoms with Crippen LogP contribution in [-0.2, 0) is 0 Å². The second-order valence-corrected chi connectivity index (χ2v) is 1.91. The molecule has 0 heterocycles. The quantitative estimate of drug-likeness (QED) is 0.527. The first-order valence-electron chi connectivity index (χ1n) is 3.02. The predicted octanol–water partition coefficient (Wildman–Crippen LogP) is 2.14. The van der Waals surface area contributed by atoms with Crippen LogP contribution in [0.1, 0.15) is 13.3 Å². The molecule has 0 aromatic heterocycles. The van der Waals surface area contributed by atoms with E-state index in [1.807, 2.05) is 6.92 Å². The maximum absolute atomic E-state index is 9.09. The van der Waals surface area contributed by atoms with Gasteiger partial charge in [-0.15, -0.1) is 0 Å². The Kier molecular flexibility index (Phi) is 1.66. The van der Waals surface area contributed by atoms with Gasteiger partial charge in [0, 0.05) is 12.5 Å². The third kappa shape index (κ3) is 1.18. The third-order valence-corrected chi connectivity index (χ3v) is 1.30. The molecule has 1 aliphatic rings. The third-order valence-electron chi connectivity index (χ3n) is 1.30. The van der Waals surface area contributed by atoms with E-state index >= 15 is 0 Å². The Morgan fingerprint density at radius 3 is 2.89 bits per heavy atom. The van der Waals surface area contributed by atoms with E-state index in [2.05, 4.69) is 6.08 Å². The van der Waals surface area contributed by atoms with Crippen molar-refractivity contribution in [2.24, 2.45) is 0 Å². The second-order valence-electron chi connectivity index (χ2n) is 1.91. The van der Waals surface area contributed by atoms with Gasteiger partial charge in [0.25, 0.3) is 0 Å². The SMILES string of the molecule is CCC1=C(O)C=C[C+]=C1. The number of hydrogen-bond donors (Lipinski definition) is 1. The highest BCUT2D eigenvalue weighted by molar-refractivity contribution is 5.33. The smallest absolute Gasteiger partial charge is 0.233 e. The van der Waals surface area contributed by atoms with E-state index in [4.69, 9.17) is 5.11 Å². The standard InChI is InChI=1S/C8H8O/c1-2-7-5-3-4-6-8(7)9/h4-6H,2H2,1H3/p+1. The minimum absolute atomic E-state index is 0.372. The van der Waals surface area contributed by atoms with E-state index in [0.717, 1.165) is 12.0 Å². The molecule has 0 radical (unpaired) electrons. The average Bonchev–Trinajstić information content (AvgIpc) is 1.89. The van der Waals surface area contributed by atoms with Crippen LogP contribution < -0.4 is 0 Å². The topological polar surface area (TPSA) is 20.2 Å². The summed E-state index contributed by atoms with van der Waals surface area (Å²) in [6.07, 6.45) is 8.91. The van der Waals surface area contributed by atoms with Crippen molar-refractivity contribution in [1.29, 1.82) is 0 Å². The van der Waals surface area contributed by atoms with E-state index in [1.54, 1.807) is 18.2 Å². The van der Waals surface area contributed by atoms with Crippen molar-refractivity contribution in [1.82, 2.24) is 0 Å². The van der Waals surface area contributed by atoms with Crippen molar-refractivity contribution in [3.8, 4) is 0 Å². The Morgan fingerprint density at radius 2 is 2.44 bits per heavy atom. The first kappa shape index (κ1) is 6.06. The van der Waals surface area contributed by atoms with Gasteiger partial charge in [-0.1, -0.05) is 0 Å². The molecule has 1 rings (SSSR count). The van der Waals surface area contributed by atoms with E-state index in [0.29, 0.717) is 5.76 Å². The molecule has 0 bridgehead atoms. The summed E-state index contributed by atoms with van der Waals surface area (Å²) in [4.78, 5) is 0. The lowest BCUT2D eigenvalue weighted by atomic mass is 10.1. The summed E-state index contributed by atoms with van der Waals surface area (Å²) in [5.41, 5.74) is 0.956. The highest BCUT2D eigenvalue weighted by atomic mass is 16.3. The first-order chi connectivity index (χ1) is 4.34. The minimum atomic E-state index is 0.372. The van der Waals surface area contributed by atoms with Crippen molar-refractivity contribution in [2.75, 3.05) is 0 Å². The summed E-state index contributed by atoms with van der Waals surface area (Å²) in [5, 5.41) is 9.09. The Morgan fingerprint density at radius 1 is 1.67 bits per heavy atom. The Balaban J connectivity index is 2.88. The highest BCUT2D eigenvalue weighted by Crippen LogP contribution is 2.12. The van der Waals surface area contributed by atoms with Crippen LogP contribution in [0.5, 0.6) is 0 Å². The molecule has 1 N–H and O–H groups in total. The fourth-order valence-electron chi connectivity index (χ4n) is 0.740. The Bertz CT molecular complexity index is 185. The van der Waals surface area contributed by atoms with Crippen molar-refractivity contribution < 1.29 is 5.11 Å². The number of hydrogen-bond acceptors (Lipinski definition) is 1. The Hall–Kier alpha value is -1.07. The largest absolute Gasteiger partial charge is 0.487 e. The molecular formula is C8H9O+. The molecule has 46 valence electrons. The van der Waals surface area contributed by atoms with Gasteiger partial charge in [-0.3, -0.25) is 0 Å². The van der Waals surface area contributed by atoms with Crippen LogP contribution in [0.3, 0.4) is 0 Å². The van der Waals surface area contributed by atoms with E-state index in [-0.39, 0.29) is 0 Å². The molecule has 0 aromatic rings. The van der Waals surface area contributed by atoms with Gasteiger partial charge in [-0.2, -0.15) is 0 Å². The van der Waals surface area contributed by atoms with Crippen LogP contribution in [0, 0.1) is 6.08 Å². The van der Waals surface area contributed by atoms with Crippen molar-refractivity contribution in [3.05, 3.63) is 35.6 Å². The molecular weight excluding hydrogens is 112 g/mol. The van der Waals surface area contributed by atoms with E-state index in [1.165, 1.54) is 0 Å². The summed E-state index contributed by atoms with van der Waals surface area (Å²) in [6, 6.07) is 0. The minimum Gasteiger partial charge on any atom is -0.487 e. The van der Waals surface area contributed by atoms with Gasteiger partial charge in [0.05, 0.1) is 6.08 Å². The lowest BCUT2D eigenvalue weighted by Gasteiger charge is -1.91. The molecule has 0 fully saturated rings. The molecule has 1 heteroatoms. The van der Waals surface area contributed by atoms with E-state index < -0.39 is 0 Å². The molecule has 1 aliphatic carbocycles. The summed E-state index contributed by atoms with van der Waals surface area (Å²) >= 11 is 0. The lowest BCUT2D eigenvalue weighted by Crippen LogP contribution is -1.86. The average molecular weight is 121 g/mol. The van der Waals surface area contributed by atoms with Gasteiger partial charge < -0.3 is 5.11 Å². The fourth-order valence-corrected chi connectivity index (χ4v) is 0.740. The van der Waals surface area contributed by atoms with Crippen LogP contribution in [0.25, 0.3) is 0 Å². The number of aliphatic hydroxyl groups is 1. The molecule has 0 amide bonds. The molecule has 0 unspecified atom stereocenters. The maximum atomic E-state index is 9.09.